The summed E-state index contributed by atoms with van der Waals surface area (Å²) in [6.07, 6.45) is 3.14. The standard InChI is InChI=1S/C24H34N6O3S/c1-26-22-21(23(32)27(2)24(26)33)30(18-25-22)17-19(31)16-29-11-6-10-28(13-14-29)12-7-15-34-20-8-4-3-5-9-20/h3-5,8-9,18-19,31H,6-7,10-17H2,1-2H3. The highest BCUT2D eigenvalue weighted by atomic mass is 32.2. The van der Waals surface area contributed by atoms with E-state index in [0.717, 1.165) is 55.9 Å². The van der Waals surface area contributed by atoms with Crippen LogP contribution in [0.25, 0.3) is 11.2 Å². The number of rotatable bonds is 9. The molecular weight excluding hydrogens is 452 g/mol. The van der Waals surface area contributed by atoms with Crippen molar-refractivity contribution < 1.29 is 5.11 Å². The lowest BCUT2D eigenvalue weighted by atomic mass is 10.3. The van der Waals surface area contributed by atoms with Crippen molar-refractivity contribution in [3.63, 3.8) is 0 Å². The van der Waals surface area contributed by atoms with Gasteiger partial charge in [-0.25, -0.2) is 9.78 Å². The highest BCUT2D eigenvalue weighted by Crippen LogP contribution is 2.18. The molecule has 1 fully saturated rings. The second-order valence-electron chi connectivity index (χ2n) is 8.94. The molecule has 1 saturated heterocycles. The smallest absolute Gasteiger partial charge is 0.332 e. The van der Waals surface area contributed by atoms with E-state index < -0.39 is 17.4 Å². The lowest BCUT2D eigenvalue weighted by molar-refractivity contribution is 0.100. The first-order valence-corrected chi connectivity index (χ1v) is 12.8. The van der Waals surface area contributed by atoms with Crippen molar-refractivity contribution in [3.05, 3.63) is 57.5 Å². The predicted molar refractivity (Wildman–Crippen MR) is 136 cm³/mol. The number of hydrogen-bond donors (Lipinski definition) is 1. The number of aromatic nitrogens is 4. The number of thioether (sulfide) groups is 1. The molecule has 3 heterocycles. The summed E-state index contributed by atoms with van der Waals surface area (Å²) in [6.45, 7) is 5.86. The molecule has 1 unspecified atom stereocenters. The summed E-state index contributed by atoms with van der Waals surface area (Å²) in [5.74, 6) is 1.12. The summed E-state index contributed by atoms with van der Waals surface area (Å²) in [6, 6.07) is 10.5. The van der Waals surface area contributed by atoms with Crippen LogP contribution in [0.4, 0.5) is 0 Å². The first kappa shape index (κ1) is 24.7. The molecule has 1 aromatic carbocycles. The van der Waals surface area contributed by atoms with Crippen molar-refractivity contribution in [2.75, 3.05) is 45.0 Å². The fourth-order valence-electron chi connectivity index (χ4n) is 4.54. The van der Waals surface area contributed by atoms with Gasteiger partial charge in [0.25, 0.3) is 5.56 Å². The minimum atomic E-state index is -0.631. The van der Waals surface area contributed by atoms with Crippen LogP contribution in [0.5, 0.6) is 0 Å². The van der Waals surface area contributed by atoms with Crippen LogP contribution >= 0.6 is 11.8 Å². The number of imidazole rings is 1. The highest BCUT2D eigenvalue weighted by molar-refractivity contribution is 7.99. The van der Waals surface area contributed by atoms with Gasteiger partial charge in [0.15, 0.2) is 11.2 Å². The quantitative estimate of drug-likeness (QED) is 0.356. The number of aliphatic hydroxyl groups is 1. The van der Waals surface area contributed by atoms with Crippen molar-refractivity contribution in [1.82, 2.24) is 28.5 Å². The Morgan fingerprint density at radius 3 is 2.53 bits per heavy atom. The van der Waals surface area contributed by atoms with Gasteiger partial charge in [0.1, 0.15) is 0 Å². The number of aliphatic hydroxyl groups excluding tert-OH is 1. The van der Waals surface area contributed by atoms with Crippen LogP contribution in [-0.4, -0.2) is 84.7 Å². The number of hydrogen-bond acceptors (Lipinski definition) is 7. The maximum Gasteiger partial charge on any atom is 0.332 e. The first-order chi connectivity index (χ1) is 16.4. The molecule has 1 atom stereocenters. The molecule has 34 heavy (non-hydrogen) atoms. The van der Waals surface area contributed by atoms with E-state index in [0.29, 0.717) is 17.7 Å². The molecule has 9 nitrogen and oxygen atoms in total. The summed E-state index contributed by atoms with van der Waals surface area (Å²) in [7, 11) is 3.06. The highest BCUT2D eigenvalue weighted by Gasteiger charge is 2.20. The molecule has 0 bridgehead atoms. The van der Waals surface area contributed by atoms with Crippen LogP contribution in [0, 0.1) is 0 Å². The molecule has 184 valence electrons. The average molecular weight is 487 g/mol. The lowest BCUT2D eigenvalue weighted by Crippen LogP contribution is -2.39. The summed E-state index contributed by atoms with van der Waals surface area (Å²) >= 11 is 1.91. The number of nitrogens with zero attached hydrogens (tertiary/aromatic N) is 6. The fraction of sp³-hybridized carbons (Fsp3) is 0.542. The molecule has 1 aliphatic rings. The molecular formula is C24H34N6O3S. The third kappa shape index (κ3) is 5.80. The van der Waals surface area contributed by atoms with E-state index in [1.807, 2.05) is 17.8 Å². The van der Waals surface area contributed by atoms with Gasteiger partial charge in [-0.2, -0.15) is 0 Å². The Balaban J connectivity index is 1.26. The van der Waals surface area contributed by atoms with E-state index in [-0.39, 0.29) is 6.54 Å². The minimum absolute atomic E-state index is 0.265. The zero-order valence-corrected chi connectivity index (χ0v) is 20.8. The molecule has 2 aromatic heterocycles. The second kappa shape index (κ2) is 11.4. The predicted octanol–water partition coefficient (Wildman–Crippen LogP) is 0.985. The number of fused-ring (bicyclic) bond motifs is 1. The Hall–Kier alpha value is -2.40. The van der Waals surface area contributed by atoms with Crippen LogP contribution in [0.2, 0.25) is 0 Å². The van der Waals surface area contributed by atoms with Crippen LogP contribution in [0.1, 0.15) is 12.8 Å². The molecule has 3 aromatic rings. The van der Waals surface area contributed by atoms with E-state index in [1.54, 1.807) is 11.6 Å². The Bertz CT molecular complexity index is 1210. The first-order valence-electron chi connectivity index (χ1n) is 11.9. The van der Waals surface area contributed by atoms with Gasteiger partial charge in [-0.3, -0.25) is 18.8 Å². The minimum Gasteiger partial charge on any atom is -0.390 e. The lowest BCUT2D eigenvalue weighted by Gasteiger charge is -2.24. The monoisotopic (exact) mass is 486 g/mol. The fourth-order valence-corrected chi connectivity index (χ4v) is 5.40. The van der Waals surface area contributed by atoms with Crippen molar-refractivity contribution >= 4 is 22.9 Å². The summed E-state index contributed by atoms with van der Waals surface area (Å²) in [4.78, 5) is 35.1. The van der Waals surface area contributed by atoms with E-state index in [2.05, 4.69) is 39.0 Å². The molecule has 0 saturated carbocycles. The number of β-amino-alcohol motifs (C(OH)–C–C–N with tert-alkyl or cyclic N) is 1. The van der Waals surface area contributed by atoms with Crippen molar-refractivity contribution in [2.24, 2.45) is 14.1 Å². The summed E-state index contributed by atoms with van der Waals surface area (Å²) < 4.78 is 4.10. The van der Waals surface area contributed by atoms with Gasteiger partial charge in [0.2, 0.25) is 0 Å². The number of aryl methyl sites for hydroxylation is 1. The van der Waals surface area contributed by atoms with Gasteiger partial charge < -0.3 is 14.6 Å². The van der Waals surface area contributed by atoms with E-state index in [4.69, 9.17) is 0 Å². The third-order valence-corrected chi connectivity index (χ3v) is 7.50. The van der Waals surface area contributed by atoms with Gasteiger partial charge >= 0.3 is 5.69 Å². The number of benzene rings is 1. The molecule has 0 radical (unpaired) electrons. The molecule has 0 amide bonds. The Morgan fingerprint density at radius 2 is 1.74 bits per heavy atom. The molecule has 0 spiro atoms. The van der Waals surface area contributed by atoms with Gasteiger partial charge in [-0.15, -0.1) is 11.8 Å². The van der Waals surface area contributed by atoms with Gasteiger partial charge in [0.05, 0.1) is 19.0 Å². The molecule has 1 aliphatic heterocycles. The Morgan fingerprint density at radius 1 is 1.00 bits per heavy atom. The van der Waals surface area contributed by atoms with Gasteiger partial charge in [-0.05, 0) is 50.4 Å². The zero-order chi connectivity index (χ0) is 24.1. The molecule has 0 aliphatic carbocycles. The maximum atomic E-state index is 12.6. The summed E-state index contributed by atoms with van der Waals surface area (Å²) in [5, 5.41) is 10.8. The third-order valence-electron chi connectivity index (χ3n) is 6.41. The summed E-state index contributed by atoms with van der Waals surface area (Å²) in [5.41, 5.74) is -0.107. The van der Waals surface area contributed by atoms with Crippen molar-refractivity contribution in [2.45, 2.75) is 30.4 Å². The van der Waals surface area contributed by atoms with Crippen molar-refractivity contribution in [3.8, 4) is 0 Å². The van der Waals surface area contributed by atoms with Crippen LogP contribution in [-0.2, 0) is 20.6 Å². The van der Waals surface area contributed by atoms with E-state index >= 15 is 0 Å². The van der Waals surface area contributed by atoms with E-state index in [9.17, 15) is 14.7 Å². The van der Waals surface area contributed by atoms with Crippen LogP contribution in [0.15, 0.2) is 51.1 Å². The van der Waals surface area contributed by atoms with Crippen LogP contribution < -0.4 is 11.2 Å². The normalized spacial score (nSPS) is 16.7. The molecule has 4 rings (SSSR count). The maximum absolute atomic E-state index is 12.6. The zero-order valence-electron chi connectivity index (χ0n) is 20.0. The van der Waals surface area contributed by atoms with E-state index in [1.165, 1.54) is 22.8 Å². The van der Waals surface area contributed by atoms with Crippen molar-refractivity contribution in [1.29, 1.82) is 0 Å². The molecule has 10 heteroatoms. The largest absolute Gasteiger partial charge is 0.390 e. The Kier molecular flexibility index (Phi) is 8.25. The second-order valence-corrected chi connectivity index (χ2v) is 10.1. The molecule has 1 N–H and O–H groups in total. The van der Waals surface area contributed by atoms with Gasteiger partial charge in [0, 0.05) is 38.6 Å². The van der Waals surface area contributed by atoms with Crippen LogP contribution in [0.3, 0.4) is 0 Å². The topological polar surface area (TPSA) is 88.5 Å². The SMILES string of the molecule is Cn1c(=O)c2c(ncn2CC(O)CN2CCCN(CCCSc3ccccc3)CC2)n(C)c1=O. The Labute approximate surface area is 203 Å². The van der Waals surface area contributed by atoms with Gasteiger partial charge in [-0.1, -0.05) is 18.2 Å². The average Bonchev–Trinajstić information content (AvgIpc) is 3.12.